The second-order valence-corrected chi connectivity index (χ2v) is 7.58. The van der Waals surface area contributed by atoms with Crippen molar-refractivity contribution in [3.05, 3.63) is 35.9 Å². The van der Waals surface area contributed by atoms with Crippen molar-refractivity contribution in [3.63, 3.8) is 0 Å². The topological polar surface area (TPSA) is 49.3 Å². The number of hydrogen-bond acceptors (Lipinski definition) is 4. The number of nitrogens with one attached hydrogen (secondary N) is 1. The van der Waals surface area contributed by atoms with Crippen LogP contribution in [0.15, 0.2) is 35.3 Å². The zero-order valence-electron chi connectivity index (χ0n) is 16.9. The summed E-state index contributed by atoms with van der Waals surface area (Å²) in [5.41, 5.74) is 1.34. The van der Waals surface area contributed by atoms with Gasteiger partial charge in [0, 0.05) is 45.9 Å². The number of benzene rings is 1. The van der Waals surface area contributed by atoms with Crippen molar-refractivity contribution in [2.75, 3.05) is 46.9 Å². The van der Waals surface area contributed by atoms with Gasteiger partial charge in [-0.05, 0) is 32.4 Å². The first-order chi connectivity index (χ1) is 13.2. The summed E-state index contributed by atoms with van der Waals surface area (Å²) in [4.78, 5) is 9.18. The predicted octanol–water partition coefficient (Wildman–Crippen LogP) is 1.96. The fourth-order valence-electron chi connectivity index (χ4n) is 3.74. The first-order valence-electron chi connectivity index (χ1n) is 10.1. The Balaban J connectivity index is 1.47. The van der Waals surface area contributed by atoms with Gasteiger partial charge in [-0.15, -0.1) is 0 Å². The van der Waals surface area contributed by atoms with Crippen molar-refractivity contribution in [1.29, 1.82) is 0 Å². The summed E-state index contributed by atoms with van der Waals surface area (Å²) in [5.74, 6) is 0.959. The maximum atomic E-state index is 5.96. The maximum absolute atomic E-state index is 5.96. The molecule has 2 aliphatic heterocycles. The summed E-state index contributed by atoms with van der Waals surface area (Å²) in [7, 11) is 4.03. The van der Waals surface area contributed by atoms with E-state index in [1.54, 1.807) is 0 Å². The van der Waals surface area contributed by atoms with Crippen molar-refractivity contribution >= 4 is 5.96 Å². The SMILES string of the molecule is CN=C(NCC(C)N(C)Cc1ccccc1)N1CCOC(C2CCCO2)C1. The lowest BCUT2D eigenvalue weighted by atomic mass is 10.1. The van der Waals surface area contributed by atoms with Crippen LogP contribution in [-0.4, -0.2) is 81.0 Å². The van der Waals surface area contributed by atoms with Crippen molar-refractivity contribution < 1.29 is 9.47 Å². The van der Waals surface area contributed by atoms with Crippen LogP contribution in [0.25, 0.3) is 0 Å². The first kappa shape index (κ1) is 20.1. The molecule has 2 fully saturated rings. The van der Waals surface area contributed by atoms with Crippen LogP contribution >= 0.6 is 0 Å². The van der Waals surface area contributed by atoms with E-state index in [1.807, 2.05) is 7.05 Å². The molecule has 6 heteroatoms. The third kappa shape index (κ3) is 5.67. The zero-order chi connectivity index (χ0) is 19.1. The highest BCUT2D eigenvalue weighted by Crippen LogP contribution is 2.21. The fourth-order valence-corrected chi connectivity index (χ4v) is 3.74. The lowest BCUT2D eigenvalue weighted by molar-refractivity contribution is -0.0817. The first-order valence-corrected chi connectivity index (χ1v) is 10.1. The van der Waals surface area contributed by atoms with Gasteiger partial charge in [-0.3, -0.25) is 9.89 Å². The minimum absolute atomic E-state index is 0.151. The van der Waals surface area contributed by atoms with Crippen molar-refractivity contribution in [1.82, 2.24) is 15.1 Å². The van der Waals surface area contributed by atoms with Crippen LogP contribution in [0.3, 0.4) is 0 Å². The van der Waals surface area contributed by atoms with Crippen LogP contribution in [0.4, 0.5) is 0 Å². The normalized spacial score (nSPS) is 25.0. The zero-order valence-corrected chi connectivity index (χ0v) is 16.9. The standard InChI is InChI=1S/C21H34N4O2/c1-17(24(3)15-18-8-5-4-6-9-18)14-23-21(22-2)25-11-13-27-20(16-25)19-10-7-12-26-19/h4-6,8-9,17,19-20H,7,10-16H2,1-3H3,(H,22,23). The predicted molar refractivity (Wildman–Crippen MR) is 109 cm³/mol. The van der Waals surface area contributed by atoms with E-state index in [4.69, 9.17) is 9.47 Å². The van der Waals surface area contributed by atoms with Gasteiger partial charge >= 0.3 is 0 Å². The molecule has 3 atom stereocenters. The lowest BCUT2D eigenvalue weighted by Crippen LogP contribution is -2.54. The molecule has 0 aromatic heterocycles. The molecule has 0 aliphatic carbocycles. The highest BCUT2D eigenvalue weighted by molar-refractivity contribution is 5.80. The molecule has 0 radical (unpaired) electrons. The molecule has 150 valence electrons. The van der Waals surface area contributed by atoms with Crippen molar-refractivity contribution in [2.45, 2.75) is 44.6 Å². The fraction of sp³-hybridized carbons (Fsp3) is 0.667. The second-order valence-electron chi connectivity index (χ2n) is 7.58. The summed E-state index contributed by atoms with van der Waals surface area (Å²) in [6.45, 7) is 7.36. The van der Waals surface area contributed by atoms with Gasteiger partial charge in [0.2, 0.25) is 0 Å². The Labute approximate surface area is 163 Å². The number of nitrogens with zero attached hydrogens (tertiary/aromatic N) is 3. The van der Waals surface area contributed by atoms with Crippen LogP contribution in [0.1, 0.15) is 25.3 Å². The summed E-state index contributed by atoms with van der Waals surface area (Å²) in [5, 5.41) is 3.55. The third-order valence-corrected chi connectivity index (χ3v) is 5.57. The van der Waals surface area contributed by atoms with Crippen molar-refractivity contribution in [2.24, 2.45) is 4.99 Å². The molecule has 0 spiro atoms. The number of hydrogen-bond donors (Lipinski definition) is 1. The lowest BCUT2D eigenvalue weighted by Gasteiger charge is -2.37. The summed E-state index contributed by atoms with van der Waals surface area (Å²) < 4.78 is 11.8. The second kappa shape index (κ2) is 10.1. The minimum atomic E-state index is 0.151. The van der Waals surface area contributed by atoms with E-state index < -0.39 is 0 Å². The van der Waals surface area contributed by atoms with Gasteiger partial charge in [-0.1, -0.05) is 30.3 Å². The molecule has 3 unspecified atom stereocenters. The molecule has 0 amide bonds. The number of guanidine groups is 1. The van der Waals surface area contributed by atoms with E-state index >= 15 is 0 Å². The largest absolute Gasteiger partial charge is 0.375 e. The van der Waals surface area contributed by atoms with E-state index in [0.29, 0.717) is 6.04 Å². The number of morpholine rings is 1. The van der Waals surface area contributed by atoms with Crippen LogP contribution in [0.2, 0.25) is 0 Å². The monoisotopic (exact) mass is 374 g/mol. The number of rotatable bonds is 6. The van der Waals surface area contributed by atoms with Crippen molar-refractivity contribution in [3.8, 4) is 0 Å². The number of ether oxygens (including phenoxy) is 2. The van der Waals surface area contributed by atoms with Gasteiger partial charge in [0.25, 0.3) is 0 Å². The molecule has 6 nitrogen and oxygen atoms in total. The molecule has 27 heavy (non-hydrogen) atoms. The molecular weight excluding hydrogens is 340 g/mol. The molecule has 2 saturated heterocycles. The van der Waals surface area contributed by atoms with Gasteiger partial charge in [0.15, 0.2) is 5.96 Å². The van der Waals surface area contributed by atoms with E-state index in [9.17, 15) is 0 Å². The van der Waals surface area contributed by atoms with Gasteiger partial charge in [-0.2, -0.15) is 0 Å². The highest BCUT2D eigenvalue weighted by atomic mass is 16.5. The Hall–Kier alpha value is -1.63. The van der Waals surface area contributed by atoms with E-state index in [1.165, 1.54) is 5.56 Å². The molecular formula is C21H34N4O2. The van der Waals surface area contributed by atoms with Crippen LogP contribution in [-0.2, 0) is 16.0 Å². The van der Waals surface area contributed by atoms with Crippen LogP contribution in [0, 0.1) is 0 Å². The molecule has 1 aromatic carbocycles. The maximum Gasteiger partial charge on any atom is 0.193 e. The minimum Gasteiger partial charge on any atom is -0.375 e. The van der Waals surface area contributed by atoms with E-state index in [2.05, 4.69) is 64.4 Å². The summed E-state index contributed by atoms with van der Waals surface area (Å²) >= 11 is 0. The molecule has 1 N–H and O–H groups in total. The molecule has 0 bridgehead atoms. The average molecular weight is 375 g/mol. The third-order valence-electron chi connectivity index (χ3n) is 5.57. The van der Waals surface area contributed by atoms with Gasteiger partial charge in [0.1, 0.15) is 6.10 Å². The Bertz CT molecular complexity index is 589. The molecule has 2 aliphatic rings. The Kier molecular flexibility index (Phi) is 7.50. The van der Waals surface area contributed by atoms with Gasteiger partial charge < -0.3 is 19.7 Å². The van der Waals surface area contributed by atoms with Crippen LogP contribution < -0.4 is 5.32 Å². The van der Waals surface area contributed by atoms with Crippen LogP contribution in [0.5, 0.6) is 0 Å². The molecule has 0 saturated carbocycles. The Morgan fingerprint density at radius 2 is 2.04 bits per heavy atom. The molecule has 3 rings (SSSR count). The van der Waals surface area contributed by atoms with Gasteiger partial charge in [-0.25, -0.2) is 0 Å². The summed E-state index contributed by atoms with van der Waals surface area (Å²) in [6, 6.07) is 11.0. The van der Waals surface area contributed by atoms with E-state index in [0.717, 1.165) is 58.2 Å². The number of aliphatic imine (C=N–C) groups is 1. The molecule has 2 heterocycles. The average Bonchev–Trinajstić information content (AvgIpc) is 3.24. The Morgan fingerprint density at radius 3 is 2.74 bits per heavy atom. The smallest absolute Gasteiger partial charge is 0.193 e. The Morgan fingerprint density at radius 1 is 1.26 bits per heavy atom. The number of likely N-dealkylation sites (N-methyl/N-ethyl adjacent to an activating group) is 1. The highest BCUT2D eigenvalue weighted by Gasteiger charge is 2.32. The van der Waals surface area contributed by atoms with E-state index in [-0.39, 0.29) is 12.2 Å². The summed E-state index contributed by atoms with van der Waals surface area (Å²) in [6.07, 6.45) is 2.63. The quantitative estimate of drug-likeness (QED) is 0.609. The van der Waals surface area contributed by atoms with Gasteiger partial charge in [0.05, 0.1) is 12.7 Å². The molecule has 1 aromatic rings.